The predicted molar refractivity (Wildman–Crippen MR) is 77.8 cm³/mol. The minimum Gasteiger partial charge on any atom is -0.507 e. The molecular weight excluding hydrogens is 252 g/mol. The minimum absolute atomic E-state index is 0.0209. The zero-order valence-corrected chi connectivity index (χ0v) is 12.1. The second-order valence-electron chi connectivity index (χ2n) is 6.04. The molecule has 2 aliphatic heterocycles. The summed E-state index contributed by atoms with van der Waals surface area (Å²) in [5, 5.41) is 13.4. The first-order valence-corrected chi connectivity index (χ1v) is 7.43. The van der Waals surface area contributed by atoms with Gasteiger partial charge in [-0.3, -0.25) is 4.79 Å². The number of carbonyl (C=O) groups is 1. The Morgan fingerprint density at radius 3 is 3.00 bits per heavy atom. The second-order valence-corrected chi connectivity index (χ2v) is 6.04. The Morgan fingerprint density at radius 1 is 1.45 bits per heavy atom. The Kier molecular flexibility index (Phi) is 3.42. The number of aromatic hydroxyl groups is 1. The molecule has 108 valence electrons. The number of amides is 1. The smallest absolute Gasteiger partial charge is 0.257 e. The lowest BCUT2D eigenvalue weighted by Crippen LogP contribution is -2.39. The number of carbonyl (C=O) groups excluding carboxylic acids is 1. The first-order chi connectivity index (χ1) is 9.61. The molecule has 3 rings (SSSR count). The van der Waals surface area contributed by atoms with E-state index in [1.54, 1.807) is 12.1 Å². The van der Waals surface area contributed by atoms with Crippen LogP contribution in [0.4, 0.5) is 0 Å². The molecule has 0 aromatic heterocycles. The van der Waals surface area contributed by atoms with Crippen LogP contribution in [0.5, 0.6) is 5.75 Å². The number of nitrogens with zero attached hydrogens (tertiary/aromatic N) is 1. The molecule has 0 radical (unpaired) electrons. The number of hydrogen-bond acceptors (Lipinski definition) is 3. The van der Waals surface area contributed by atoms with Gasteiger partial charge in [-0.1, -0.05) is 18.6 Å². The fraction of sp³-hybridized carbons (Fsp3) is 0.562. The summed E-state index contributed by atoms with van der Waals surface area (Å²) < 4.78 is 0. The molecule has 2 heterocycles. The van der Waals surface area contributed by atoms with Gasteiger partial charge in [-0.15, -0.1) is 0 Å². The first kappa shape index (κ1) is 13.4. The highest BCUT2D eigenvalue weighted by Crippen LogP contribution is 2.36. The number of aryl methyl sites for hydroxylation is 1. The fourth-order valence-corrected chi connectivity index (χ4v) is 3.76. The third-order valence-electron chi connectivity index (χ3n) is 4.78. The molecule has 0 bridgehead atoms. The van der Waals surface area contributed by atoms with Crippen molar-refractivity contribution in [3.8, 4) is 5.75 Å². The van der Waals surface area contributed by atoms with Crippen LogP contribution in [0.1, 0.15) is 29.3 Å². The van der Waals surface area contributed by atoms with Crippen molar-refractivity contribution in [3.63, 3.8) is 0 Å². The molecule has 2 saturated heterocycles. The highest BCUT2D eigenvalue weighted by Gasteiger charge is 2.45. The van der Waals surface area contributed by atoms with Gasteiger partial charge < -0.3 is 15.3 Å². The summed E-state index contributed by atoms with van der Waals surface area (Å²) in [6.07, 6.45) is 0.973. The second kappa shape index (κ2) is 5.09. The molecule has 20 heavy (non-hydrogen) atoms. The van der Waals surface area contributed by atoms with Gasteiger partial charge in [0, 0.05) is 25.7 Å². The molecule has 3 unspecified atom stereocenters. The molecule has 2 fully saturated rings. The maximum absolute atomic E-state index is 12.8. The largest absolute Gasteiger partial charge is 0.507 e. The van der Waals surface area contributed by atoms with Crippen LogP contribution in [0.2, 0.25) is 0 Å². The van der Waals surface area contributed by atoms with Gasteiger partial charge in [0.15, 0.2) is 0 Å². The average Bonchev–Trinajstić information content (AvgIpc) is 3.00. The SMILES string of the molecule is CCC1C2CNCC2CN1C(=O)c1cc(C)ccc1O. The predicted octanol–water partition coefficient (Wildman–Crippen LogP) is 1.77. The standard InChI is InChI=1S/C16H22N2O2/c1-3-14-13-8-17-7-11(13)9-18(14)16(20)12-6-10(2)4-5-15(12)19/h4-6,11,13-14,17,19H,3,7-9H2,1-2H3. The highest BCUT2D eigenvalue weighted by molar-refractivity contribution is 5.97. The summed E-state index contributed by atoms with van der Waals surface area (Å²) >= 11 is 0. The van der Waals surface area contributed by atoms with E-state index in [-0.39, 0.29) is 11.7 Å². The van der Waals surface area contributed by atoms with Gasteiger partial charge in [0.1, 0.15) is 5.75 Å². The Bertz CT molecular complexity index is 529. The third-order valence-corrected chi connectivity index (χ3v) is 4.78. The van der Waals surface area contributed by atoms with Crippen molar-refractivity contribution in [2.24, 2.45) is 11.8 Å². The van der Waals surface area contributed by atoms with E-state index >= 15 is 0 Å². The van der Waals surface area contributed by atoms with Crippen molar-refractivity contribution in [1.82, 2.24) is 10.2 Å². The number of benzene rings is 1. The van der Waals surface area contributed by atoms with Crippen molar-refractivity contribution in [3.05, 3.63) is 29.3 Å². The summed E-state index contributed by atoms with van der Waals surface area (Å²) in [5.74, 6) is 1.20. The summed E-state index contributed by atoms with van der Waals surface area (Å²) in [4.78, 5) is 14.7. The number of rotatable bonds is 2. The number of fused-ring (bicyclic) bond motifs is 1. The van der Waals surface area contributed by atoms with Gasteiger partial charge in [0.2, 0.25) is 0 Å². The number of phenols is 1. The van der Waals surface area contributed by atoms with Crippen molar-refractivity contribution in [2.75, 3.05) is 19.6 Å². The molecule has 0 spiro atoms. The van der Waals surface area contributed by atoms with Crippen molar-refractivity contribution in [2.45, 2.75) is 26.3 Å². The quantitative estimate of drug-likeness (QED) is 0.864. The zero-order valence-electron chi connectivity index (χ0n) is 12.1. The van der Waals surface area contributed by atoms with E-state index in [1.807, 2.05) is 17.9 Å². The molecule has 0 saturated carbocycles. The van der Waals surface area contributed by atoms with E-state index < -0.39 is 0 Å². The Balaban J connectivity index is 1.88. The van der Waals surface area contributed by atoms with Gasteiger partial charge in [-0.25, -0.2) is 0 Å². The maximum atomic E-state index is 12.8. The number of hydrogen-bond donors (Lipinski definition) is 2. The van der Waals surface area contributed by atoms with E-state index in [0.29, 0.717) is 23.4 Å². The molecule has 1 aromatic carbocycles. The van der Waals surface area contributed by atoms with Crippen LogP contribution >= 0.6 is 0 Å². The lowest BCUT2D eigenvalue weighted by molar-refractivity contribution is 0.0708. The van der Waals surface area contributed by atoms with Crippen LogP contribution in [-0.4, -0.2) is 41.6 Å². The number of likely N-dealkylation sites (tertiary alicyclic amines) is 1. The molecule has 1 aromatic rings. The summed E-state index contributed by atoms with van der Waals surface area (Å²) in [6.45, 7) is 6.90. The molecule has 3 atom stereocenters. The molecule has 2 N–H and O–H groups in total. The Hall–Kier alpha value is -1.55. The molecular formula is C16H22N2O2. The zero-order chi connectivity index (χ0) is 14.3. The first-order valence-electron chi connectivity index (χ1n) is 7.43. The average molecular weight is 274 g/mol. The van der Waals surface area contributed by atoms with Crippen LogP contribution in [0.3, 0.4) is 0 Å². The van der Waals surface area contributed by atoms with Gasteiger partial charge in [0.25, 0.3) is 5.91 Å². The molecule has 1 amide bonds. The van der Waals surface area contributed by atoms with Crippen LogP contribution in [-0.2, 0) is 0 Å². The molecule has 4 heteroatoms. The normalized spacial score (nSPS) is 28.7. The number of nitrogens with one attached hydrogen (secondary N) is 1. The number of phenolic OH excluding ortho intramolecular Hbond substituents is 1. The lowest BCUT2D eigenvalue weighted by atomic mass is 9.93. The van der Waals surface area contributed by atoms with Gasteiger partial charge in [-0.2, -0.15) is 0 Å². The topological polar surface area (TPSA) is 52.6 Å². The van der Waals surface area contributed by atoms with Gasteiger partial charge in [-0.05, 0) is 37.3 Å². The lowest BCUT2D eigenvalue weighted by Gasteiger charge is -2.27. The van der Waals surface area contributed by atoms with E-state index in [1.165, 1.54) is 0 Å². The van der Waals surface area contributed by atoms with Crippen LogP contribution in [0.25, 0.3) is 0 Å². The van der Waals surface area contributed by atoms with Crippen LogP contribution < -0.4 is 5.32 Å². The van der Waals surface area contributed by atoms with Gasteiger partial charge >= 0.3 is 0 Å². The van der Waals surface area contributed by atoms with E-state index in [2.05, 4.69) is 12.2 Å². The minimum atomic E-state index is -0.0209. The third kappa shape index (κ3) is 2.08. The van der Waals surface area contributed by atoms with Crippen molar-refractivity contribution in [1.29, 1.82) is 0 Å². The molecule has 2 aliphatic rings. The van der Waals surface area contributed by atoms with Crippen molar-refractivity contribution < 1.29 is 9.90 Å². The van der Waals surface area contributed by atoms with E-state index in [4.69, 9.17) is 0 Å². The molecule has 4 nitrogen and oxygen atoms in total. The monoisotopic (exact) mass is 274 g/mol. The van der Waals surface area contributed by atoms with Gasteiger partial charge in [0.05, 0.1) is 5.56 Å². The highest BCUT2D eigenvalue weighted by atomic mass is 16.3. The fourth-order valence-electron chi connectivity index (χ4n) is 3.76. The summed E-state index contributed by atoms with van der Waals surface area (Å²) in [5.41, 5.74) is 1.44. The summed E-state index contributed by atoms with van der Waals surface area (Å²) in [6, 6.07) is 5.52. The van der Waals surface area contributed by atoms with E-state index in [9.17, 15) is 9.90 Å². The summed E-state index contributed by atoms with van der Waals surface area (Å²) in [7, 11) is 0. The van der Waals surface area contributed by atoms with Crippen LogP contribution in [0.15, 0.2) is 18.2 Å². The Labute approximate surface area is 119 Å². The maximum Gasteiger partial charge on any atom is 0.257 e. The van der Waals surface area contributed by atoms with Crippen molar-refractivity contribution >= 4 is 5.91 Å². The molecule has 0 aliphatic carbocycles. The Morgan fingerprint density at radius 2 is 2.25 bits per heavy atom. The van der Waals surface area contributed by atoms with Crippen LogP contribution in [0, 0.1) is 18.8 Å². The van der Waals surface area contributed by atoms with E-state index in [0.717, 1.165) is 31.6 Å².